The van der Waals surface area contributed by atoms with E-state index in [9.17, 15) is 9.59 Å². The fraction of sp³-hybridized carbons (Fsp3) is 0.500. The molecule has 1 saturated heterocycles. The Morgan fingerprint density at radius 1 is 1.19 bits per heavy atom. The van der Waals surface area contributed by atoms with E-state index in [2.05, 4.69) is 0 Å². The van der Waals surface area contributed by atoms with Crippen molar-refractivity contribution in [2.45, 2.75) is 26.7 Å². The van der Waals surface area contributed by atoms with E-state index >= 15 is 0 Å². The van der Waals surface area contributed by atoms with Crippen LogP contribution in [0.5, 0.6) is 0 Å². The first-order valence-corrected chi connectivity index (χ1v) is 7.30. The number of hydrogen-bond donors (Lipinski definition) is 1. The largest absolute Gasteiger partial charge is 0.398 e. The number of anilines is 1. The van der Waals surface area contributed by atoms with Crippen LogP contribution in [0.2, 0.25) is 0 Å². The molecule has 0 spiro atoms. The van der Waals surface area contributed by atoms with Gasteiger partial charge in [-0.2, -0.15) is 0 Å². The van der Waals surface area contributed by atoms with Crippen LogP contribution < -0.4 is 5.73 Å². The molecule has 2 N–H and O–H groups in total. The fourth-order valence-electron chi connectivity index (χ4n) is 2.65. The molecule has 5 nitrogen and oxygen atoms in total. The molecule has 0 radical (unpaired) electrons. The summed E-state index contributed by atoms with van der Waals surface area (Å²) in [6.45, 7) is 5.52. The molecule has 5 heteroatoms. The number of amides is 2. The lowest BCUT2D eigenvalue weighted by atomic mass is 10.0. The quantitative estimate of drug-likeness (QED) is 0.859. The summed E-state index contributed by atoms with van der Waals surface area (Å²) in [7, 11) is 1.66. The zero-order valence-corrected chi connectivity index (χ0v) is 13.0. The average molecular weight is 289 g/mol. The molecular formula is C16H23N3O2. The van der Waals surface area contributed by atoms with Gasteiger partial charge >= 0.3 is 0 Å². The maximum atomic E-state index is 12.5. The zero-order valence-electron chi connectivity index (χ0n) is 13.0. The number of aryl methyl sites for hydroxylation is 2. The highest BCUT2D eigenvalue weighted by molar-refractivity contribution is 5.98. The van der Waals surface area contributed by atoms with Gasteiger partial charge in [0.1, 0.15) is 0 Å². The molecule has 0 saturated carbocycles. The Hall–Kier alpha value is -2.04. The number of carbonyl (C=O) groups is 2. The van der Waals surface area contributed by atoms with Crippen LogP contribution in [0.3, 0.4) is 0 Å². The second kappa shape index (κ2) is 6.16. The fourth-order valence-corrected chi connectivity index (χ4v) is 2.65. The molecule has 0 unspecified atom stereocenters. The van der Waals surface area contributed by atoms with E-state index in [-0.39, 0.29) is 18.4 Å². The Morgan fingerprint density at radius 2 is 1.81 bits per heavy atom. The number of nitrogens with zero attached hydrogens (tertiary/aromatic N) is 2. The normalized spacial score (nSPS) is 14.3. The van der Waals surface area contributed by atoms with Gasteiger partial charge in [-0.1, -0.05) is 6.07 Å². The topological polar surface area (TPSA) is 66.6 Å². The first-order valence-electron chi connectivity index (χ1n) is 7.30. The van der Waals surface area contributed by atoms with Gasteiger partial charge in [-0.3, -0.25) is 9.59 Å². The predicted octanol–water partition coefficient (Wildman–Crippen LogP) is 1.58. The van der Waals surface area contributed by atoms with Crippen LogP contribution >= 0.6 is 0 Å². The van der Waals surface area contributed by atoms with Gasteiger partial charge in [0.25, 0.3) is 5.91 Å². The number of nitrogens with two attached hydrogens (primary N) is 1. The van der Waals surface area contributed by atoms with Crippen LogP contribution in [0.1, 0.15) is 34.3 Å². The van der Waals surface area contributed by atoms with Crippen molar-refractivity contribution >= 4 is 17.5 Å². The second-order valence-electron chi connectivity index (χ2n) is 5.77. The summed E-state index contributed by atoms with van der Waals surface area (Å²) >= 11 is 0. The summed E-state index contributed by atoms with van der Waals surface area (Å²) in [4.78, 5) is 27.9. The molecular weight excluding hydrogens is 266 g/mol. The van der Waals surface area contributed by atoms with Gasteiger partial charge in [-0.25, -0.2) is 0 Å². The molecule has 0 bridgehead atoms. The summed E-state index contributed by atoms with van der Waals surface area (Å²) in [6.07, 6.45) is 2.11. The number of nitrogen functional groups attached to an aromatic ring is 1. The van der Waals surface area contributed by atoms with Crippen molar-refractivity contribution in [1.82, 2.24) is 9.80 Å². The number of likely N-dealkylation sites (tertiary alicyclic amines) is 1. The summed E-state index contributed by atoms with van der Waals surface area (Å²) in [5.41, 5.74) is 8.89. The SMILES string of the molecule is Cc1cc(C)c(C(=O)N(C)CC(=O)N2CCCC2)cc1N. The van der Waals surface area contributed by atoms with E-state index in [1.54, 1.807) is 13.1 Å². The van der Waals surface area contributed by atoms with Gasteiger partial charge < -0.3 is 15.5 Å². The summed E-state index contributed by atoms with van der Waals surface area (Å²) < 4.78 is 0. The van der Waals surface area contributed by atoms with E-state index in [1.807, 2.05) is 24.8 Å². The summed E-state index contributed by atoms with van der Waals surface area (Å²) in [5, 5.41) is 0. The summed E-state index contributed by atoms with van der Waals surface area (Å²) in [5.74, 6) is -0.146. The highest BCUT2D eigenvalue weighted by atomic mass is 16.2. The van der Waals surface area contributed by atoms with Crippen LogP contribution in [-0.2, 0) is 4.79 Å². The van der Waals surface area contributed by atoms with Gasteiger partial charge in [0.05, 0.1) is 6.54 Å². The van der Waals surface area contributed by atoms with Gasteiger partial charge in [0, 0.05) is 31.4 Å². The number of likely N-dealkylation sites (N-methyl/N-ethyl adjacent to an activating group) is 1. The third-order valence-electron chi connectivity index (χ3n) is 4.02. The minimum absolute atomic E-state index is 0.0149. The van der Waals surface area contributed by atoms with Crippen molar-refractivity contribution in [1.29, 1.82) is 0 Å². The van der Waals surface area contributed by atoms with Gasteiger partial charge in [-0.15, -0.1) is 0 Å². The van der Waals surface area contributed by atoms with E-state index in [1.165, 1.54) is 4.90 Å². The monoisotopic (exact) mass is 289 g/mol. The van der Waals surface area contributed by atoms with Gasteiger partial charge in [0.15, 0.2) is 0 Å². The van der Waals surface area contributed by atoms with Crippen LogP contribution in [-0.4, -0.2) is 48.3 Å². The standard InChI is InChI=1S/C16H23N3O2/c1-11-8-12(2)14(17)9-13(11)16(21)18(3)10-15(20)19-6-4-5-7-19/h8-9H,4-7,10,17H2,1-3H3. The maximum absolute atomic E-state index is 12.5. The van der Waals surface area contributed by atoms with E-state index in [0.717, 1.165) is 37.1 Å². The molecule has 0 aromatic heterocycles. The van der Waals surface area contributed by atoms with Crippen molar-refractivity contribution < 1.29 is 9.59 Å². The lowest BCUT2D eigenvalue weighted by Crippen LogP contribution is -2.40. The Labute approximate surface area is 125 Å². The van der Waals surface area contributed by atoms with Crippen molar-refractivity contribution in [2.75, 3.05) is 32.4 Å². The number of benzene rings is 1. The Balaban J connectivity index is 2.08. The Morgan fingerprint density at radius 3 is 2.43 bits per heavy atom. The molecule has 114 valence electrons. The molecule has 1 heterocycles. The average Bonchev–Trinajstić information content (AvgIpc) is 2.96. The molecule has 1 aromatic carbocycles. The number of carbonyl (C=O) groups excluding carboxylic acids is 2. The lowest BCUT2D eigenvalue weighted by molar-refractivity contribution is -0.130. The van der Waals surface area contributed by atoms with Crippen molar-refractivity contribution in [3.8, 4) is 0 Å². The molecule has 1 fully saturated rings. The third kappa shape index (κ3) is 3.35. The third-order valence-corrected chi connectivity index (χ3v) is 4.02. The van der Waals surface area contributed by atoms with E-state index in [0.29, 0.717) is 11.3 Å². The van der Waals surface area contributed by atoms with Crippen LogP contribution in [0, 0.1) is 13.8 Å². The highest BCUT2D eigenvalue weighted by Gasteiger charge is 2.22. The molecule has 1 aliphatic rings. The Bertz CT molecular complexity index is 563. The Kier molecular flexibility index (Phi) is 4.50. The van der Waals surface area contributed by atoms with Gasteiger partial charge in [-0.05, 0) is 43.9 Å². The van der Waals surface area contributed by atoms with Crippen molar-refractivity contribution in [3.05, 3.63) is 28.8 Å². The van der Waals surface area contributed by atoms with Gasteiger partial charge in [0.2, 0.25) is 5.91 Å². The number of rotatable bonds is 3. The summed E-state index contributed by atoms with van der Waals surface area (Å²) in [6, 6.07) is 3.60. The molecule has 2 amide bonds. The van der Waals surface area contributed by atoms with E-state index in [4.69, 9.17) is 5.73 Å². The number of hydrogen-bond acceptors (Lipinski definition) is 3. The van der Waals surface area contributed by atoms with Crippen LogP contribution in [0.15, 0.2) is 12.1 Å². The molecule has 0 atom stereocenters. The molecule has 1 aliphatic heterocycles. The molecule has 1 aromatic rings. The smallest absolute Gasteiger partial charge is 0.254 e. The lowest BCUT2D eigenvalue weighted by Gasteiger charge is -2.22. The van der Waals surface area contributed by atoms with E-state index < -0.39 is 0 Å². The van der Waals surface area contributed by atoms with Crippen LogP contribution in [0.25, 0.3) is 0 Å². The van der Waals surface area contributed by atoms with Crippen molar-refractivity contribution in [2.24, 2.45) is 0 Å². The van der Waals surface area contributed by atoms with Crippen LogP contribution in [0.4, 0.5) is 5.69 Å². The maximum Gasteiger partial charge on any atom is 0.254 e. The molecule has 0 aliphatic carbocycles. The first-order chi connectivity index (χ1) is 9.90. The first kappa shape index (κ1) is 15.4. The zero-order chi connectivity index (χ0) is 15.6. The second-order valence-corrected chi connectivity index (χ2v) is 5.77. The predicted molar refractivity (Wildman–Crippen MR) is 83.1 cm³/mol. The molecule has 2 rings (SSSR count). The molecule has 21 heavy (non-hydrogen) atoms. The minimum Gasteiger partial charge on any atom is -0.398 e. The highest BCUT2D eigenvalue weighted by Crippen LogP contribution is 2.19. The van der Waals surface area contributed by atoms with Crippen molar-refractivity contribution in [3.63, 3.8) is 0 Å². The minimum atomic E-state index is -0.160.